The van der Waals surface area contributed by atoms with Gasteiger partial charge in [0.2, 0.25) is 0 Å². The van der Waals surface area contributed by atoms with E-state index < -0.39 is 5.91 Å². The van der Waals surface area contributed by atoms with Crippen molar-refractivity contribution >= 4 is 34.8 Å². The second-order valence-corrected chi connectivity index (χ2v) is 7.55. The average Bonchev–Trinajstić information content (AvgIpc) is 3.36. The maximum Gasteiger partial charge on any atom is 0.277 e. The summed E-state index contributed by atoms with van der Waals surface area (Å²) in [5.74, 6) is 0.257. The first kappa shape index (κ1) is 22.9. The minimum absolute atomic E-state index is 0.0763. The summed E-state index contributed by atoms with van der Waals surface area (Å²) in [4.78, 5) is 25.4. The van der Waals surface area contributed by atoms with Crippen molar-refractivity contribution in [3.63, 3.8) is 0 Å². The summed E-state index contributed by atoms with van der Waals surface area (Å²) in [6.45, 7) is 0. The number of rotatable bonds is 7. The third-order valence-electron chi connectivity index (χ3n) is 4.93. The van der Waals surface area contributed by atoms with Gasteiger partial charge in [0.05, 0.1) is 25.6 Å². The Morgan fingerprint density at radius 2 is 1.41 bits per heavy atom. The molecule has 4 aromatic rings. The molecule has 34 heavy (non-hydrogen) atoms. The molecule has 0 aliphatic carbocycles. The topological polar surface area (TPSA) is 103 Å². The van der Waals surface area contributed by atoms with Crippen molar-refractivity contribution in [3.05, 3.63) is 89.1 Å². The summed E-state index contributed by atoms with van der Waals surface area (Å²) in [7, 11) is 2.91. The Morgan fingerprint density at radius 1 is 0.824 bits per heavy atom. The van der Waals surface area contributed by atoms with Gasteiger partial charge in [0.15, 0.2) is 11.5 Å². The molecular formula is C25H20ClN3O5. The van der Waals surface area contributed by atoms with E-state index in [2.05, 4.69) is 15.8 Å². The smallest absolute Gasteiger partial charge is 0.277 e. The number of methoxy groups -OCH3 is 2. The molecule has 8 nitrogen and oxygen atoms in total. The molecule has 0 aliphatic heterocycles. The fourth-order valence-electron chi connectivity index (χ4n) is 3.20. The molecule has 1 aromatic heterocycles. The highest BCUT2D eigenvalue weighted by Crippen LogP contribution is 2.37. The number of aromatic nitrogens is 1. The van der Waals surface area contributed by atoms with E-state index in [-0.39, 0.29) is 11.6 Å². The van der Waals surface area contributed by atoms with Crippen molar-refractivity contribution in [2.45, 2.75) is 0 Å². The van der Waals surface area contributed by atoms with Gasteiger partial charge in [-0.3, -0.25) is 9.59 Å². The van der Waals surface area contributed by atoms with Crippen LogP contribution in [-0.2, 0) is 0 Å². The van der Waals surface area contributed by atoms with Gasteiger partial charge in [-0.1, -0.05) is 35.0 Å². The van der Waals surface area contributed by atoms with E-state index in [0.29, 0.717) is 39.2 Å². The van der Waals surface area contributed by atoms with Gasteiger partial charge in [0, 0.05) is 34.3 Å². The first-order valence-electron chi connectivity index (χ1n) is 10.1. The number of carbonyl (C=O) groups is 2. The van der Waals surface area contributed by atoms with E-state index in [1.54, 1.807) is 60.7 Å². The van der Waals surface area contributed by atoms with Crippen LogP contribution in [-0.4, -0.2) is 31.2 Å². The number of nitrogens with zero attached hydrogens (tertiary/aromatic N) is 1. The zero-order chi connectivity index (χ0) is 24.1. The summed E-state index contributed by atoms with van der Waals surface area (Å²) < 4.78 is 16.1. The van der Waals surface area contributed by atoms with Crippen molar-refractivity contribution in [3.8, 4) is 22.8 Å². The summed E-state index contributed by atoms with van der Waals surface area (Å²) in [5.41, 5.74) is 2.01. The van der Waals surface area contributed by atoms with Crippen molar-refractivity contribution in [1.82, 2.24) is 5.16 Å². The molecule has 9 heteroatoms. The third-order valence-corrected chi connectivity index (χ3v) is 5.18. The van der Waals surface area contributed by atoms with Crippen molar-refractivity contribution in [1.29, 1.82) is 0 Å². The predicted octanol–water partition coefficient (Wildman–Crippen LogP) is 5.52. The summed E-state index contributed by atoms with van der Waals surface area (Å²) >= 11 is 5.91. The molecule has 0 saturated carbocycles. The summed E-state index contributed by atoms with van der Waals surface area (Å²) in [6, 6.07) is 20.4. The number of amides is 2. The molecule has 0 radical (unpaired) electrons. The lowest BCUT2D eigenvalue weighted by molar-refractivity contribution is 0.101. The molecule has 0 aliphatic rings. The van der Waals surface area contributed by atoms with E-state index >= 15 is 0 Å². The van der Waals surface area contributed by atoms with E-state index in [0.717, 1.165) is 5.56 Å². The van der Waals surface area contributed by atoms with E-state index in [1.807, 2.05) is 6.07 Å². The number of anilines is 2. The molecule has 0 unspecified atom stereocenters. The Morgan fingerprint density at radius 3 is 2.00 bits per heavy atom. The van der Waals surface area contributed by atoms with Gasteiger partial charge in [-0.25, -0.2) is 0 Å². The number of hydrogen-bond acceptors (Lipinski definition) is 6. The fourth-order valence-corrected chi connectivity index (χ4v) is 3.32. The highest BCUT2D eigenvalue weighted by Gasteiger charge is 2.19. The number of halogens is 1. The van der Waals surface area contributed by atoms with Crippen LogP contribution in [0.5, 0.6) is 11.5 Å². The van der Waals surface area contributed by atoms with Crippen molar-refractivity contribution < 1.29 is 23.6 Å². The molecule has 0 fully saturated rings. The van der Waals surface area contributed by atoms with Gasteiger partial charge in [-0.15, -0.1) is 0 Å². The highest BCUT2D eigenvalue weighted by molar-refractivity contribution is 6.30. The maximum atomic E-state index is 12.8. The van der Waals surface area contributed by atoms with Gasteiger partial charge >= 0.3 is 0 Å². The Labute approximate surface area is 200 Å². The fraction of sp³-hybridized carbons (Fsp3) is 0.0800. The first-order chi connectivity index (χ1) is 16.5. The molecular weight excluding hydrogens is 458 g/mol. The highest BCUT2D eigenvalue weighted by atomic mass is 35.5. The Kier molecular flexibility index (Phi) is 6.79. The first-order valence-corrected chi connectivity index (χ1v) is 10.5. The van der Waals surface area contributed by atoms with Crippen LogP contribution in [0.4, 0.5) is 11.4 Å². The molecule has 4 rings (SSSR count). The average molecular weight is 478 g/mol. The predicted molar refractivity (Wildman–Crippen MR) is 129 cm³/mol. The maximum absolute atomic E-state index is 12.8. The van der Waals surface area contributed by atoms with Crippen LogP contribution in [0.1, 0.15) is 20.8 Å². The summed E-state index contributed by atoms with van der Waals surface area (Å²) in [6.07, 6.45) is 0. The number of nitrogens with one attached hydrogen (secondary N) is 2. The molecule has 0 saturated heterocycles. The van der Waals surface area contributed by atoms with Gasteiger partial charge < -0.3 is 24.6 Å². The zero-order valence-electron chi connectivity index (χ0n) is 18.3. The quantitative estimate of drug-likeness (QED) is 0.363. The molecule has 0 bridgehead atoms. The Bertz CT molecular complexity index is 1320. The monoisotopic (exact) mass is 477 g/mol. The van der Waals surface area contributed by atoms with Gasteiger partial charge in [0.25, 0.3) is 11.8 Å². The van der Waals surface area contributed by atoms with Crippen LogP contribution in [0.2, 0.25) is 5.02 Å². The van der Waals surface area contributed by atoms with Crippen LogP contribution < -0.4 is 20.1 Å². The van der Waals surface area contributed by atoms with Crippen LogP contribution in [0, 0.1) is 0 Å². The van der Waals surface area contributed by atoms with Crippen LogP contribution in [0.25, 0.3) is 11.3 Å². The molecule has 2 N–H and O–H groups in total. The van der Waals surface area contributed by atoms with Gasteiger partial charge in [-0.2, -0.15) is 0 Å². The second-order valence-electron chi connectivity index (χ2n) is 7.11. The number of hydrogen-bond donors (Lipinski definition) is 2. The van der Waals surface area contributed by atoms with Crippen LogP contribution >= 0.6 is 11.6 Å². The third kappa shape index (κ3) is 5.02. The van der Waals surface area contributed by atoms with Crippen LogP contribution in [0.3, 0.4) is 0 Å². The number of benzene rings is 3. The molecule has 172 valence electrons. The SMILES string of the molecule is COc1cc(NC(=O)c2cc(-c3ccc(Cl)cc3)on2)c(OC)cc1NC(=O)c1ccccc1. The number of ether oxygens (including phenoxy) is 2. The molecule has 0 spiro atoms. The molecule has 3 aromatic carbocycles. The lowest BCUT2D eigenvalue weighted by Crippen LogP contribution is -2.15. The Hall–Kier alpha value is -4.30. The van der Waals surface area contributed by atoms with Crippen LogP contribution in [0.15, 0.2) is 77.3 Å². The lowest BCUT2D eigenvalue weighted by Gasteiger charge is -2.16. The van der Waals surface area contributed by atoms with E-state index in [4.69, 9.17) is 25.6 Å². The minimum atomic E-state index is -0.509. The normalized spacial score (nSPS) is 10.4. The van der Waals surface area contributed by atoms with Crippen molar-refractivity contribution in [2.75, 3.05) is 24.9 Å². The van der Waals surface area contributed by atoms with Gasteiger partial charge in [-0.05, 0) is 36.4 Å². The molecule has 0 atom stereocenters. The Balaban J connectivity index is 1.55. The largest absolute Gasteiger partial charge is 0.494 e. The van der Waals surface area contributed by atoms with Crippen molar-refractivity contribution in [2.24, 2.45) is 0 Å². The van der Waals surface area contributed by atoms with E-state index in [1.165, 1.54) is 20.3 Å². The van der Waals surface area contributed by atoms with Gasteiger partial charge in [0.1, 0.15) is 11.5 Å². The second kappa shape index (κ2) is 10.1. The summed E-state index contributed by atoms with van der Waals surface area (Å²) in [5, 5.41) is 9.97. The molecule has 2 amide bonds. The zero-order valence-corrected chi connectivity index (χ0v) is 19.1. The standard InChI is InChI=1S/C25H20ClN3O5/c1-32-22-13-19(23(33-2)12-18(22)27-24(30)16-6-4-3-5-7-16)28-25(31)20-14-21(34-29-20)15-8-10-17(26)11-9-15/h3-14H,1-2H3,(H,27,30)(H,28,31). The minimum Gasteiger partial charge on any atom is -0.494 e. The van der Waals surface area contributed by atoms with E-state index in [9.17, 15) is 9.59 Å². The molecule has 1 heterocycles. The lowest BCUT2D eigenvalue weighted by atomic mass is 10.1. The number of carbonyl (C=O) groups excluding carboxylic acids is 2.